The maximum Gasteiger partial charge on any atom is 0.409 e. The van der Waals surface area contributed by atoms with Gasteiger partial charge in [0.15, 0.2) is 0 Å². The highest BCUT2D eigenvalue weighted by atomic mass is 28.4. The van der Waals surface area contributed by atoms with Crippen molar-refractivity contribution in [1.29, 1.82) is 0 Å². The number of nitrogens with zero attached hydrogens (tertiary/aromatic N) is 1. The highest BCUT2D eigenvalue weighted by Gasteiger charge is 2.52. The van der Waals surface area contributed by atoms with Crippen LogP contribution in [0, 0.1) is 0 Å². The third-order valence-corrected chi connectivity index (χ3v) is 10.2. The molecule has 1 saturated heterocycles. The number of likely N-dealkylation sites (tertiary alicyclic amines) is 1. The van der Waals surface area contributed by atoms with Crippen LogP contribution in [0.4, 0.5) is 4.79 Å². The topological polar surface area (TPSA) is 49.8 Å². The second-order valence-corrected chi connectivity index (χ2v) is 12.1. The highest BCUT2D eigenvalue weighted by molar-refractivity contribution is 6.99. The van der Waals surface area contributed by atoms with Gasteiger partial charge < -0.3 is 9.53 Å². The highest BCUT2D eigenvalue weighted by Crippen LogP contribution is 2.39. The largest absolute Gasteiger partial charge is 0.465 e. The predicted octanol–water partition coefficient (Wildman–Crippen LogP) is 3.66. The summed E-state index contributed by atoms with van der Waals surface area (Å²) in [6, 6.07) is 20.7. The van der Waals surface area contributed by atoms with Crippen molar-refractivity contribution in [1.82, 2.24) is 4.90 Å². The van der Waals surface area contributed by atoms with Crippen molar-refractivity contribution in [3.05, 3.63) is 60.7 Å². The first-order chi connectivity index (χ1) is 12.4. The van der Waals surface area contributed by atoms with Crippen molar-refractivity contribution >= 4 is 24.8 Å². The first-order valence-corrected chi connectivity index (χ1v) is 11.1. The first-order valence-electron chi connectivity index (χ1n) is 9.15. The molecule has 1 fully saturated rings. The van der Waals surface area contributed by atoms with Crippen LogP contribution in [-0.4, -0.2) is 37.2 Å². The van der Waals surface area contributed by atoms with Gasteiger partial charge in [0, 0.05) is 6.54 Å². The molecule has 26 heavy (non-hydrogen) atoms. The van der Waals surface area contributed by atoms with Gasteiger partial charge in [-0.2, -0.15) is 0 Å². The average Bonchev–Trinajstić information content (AvgIpc) is 3.08. The van der Waals surface area contributed by atoms with Gasteiger partial charge in [0.1, 0.15) is 6.23 Å². The van der Waals surface area contributed by atoms with Crippen LogP contribution in [0.3, 0.4) is 0 Å². The Morgan fingerprint density at radius 1 is 1.04 bits per heavy atom. The zero-order valence-electron chi connectivity index (χ0n) is 15.7. The van der Waals surface area contributed by atoms with Gasteiger partial charge in [-0.05, 0) is 28.3 Å². The van der Waals surface area contributed by atoms with Crippen molar-refractivity contribution in [2.24, 2.45) is 0 Å². The molecule has 1 aliphatic heterocycles. The number of hydrogen-bond acceptors (Lipinski definition) is 2. The molecule has 5 heteroatoms. The zero-order valence-corrected chi connectivity index (χ0v) is 16.7. The van der Waals surface area contributed by atoms with Crippen molar-refractivity contribution in [3.63, 3.8) is 0 Å². The molecule has 1 heterocycles. The van der Waals surface area contributed by atoms with E-state index in [2.05, 4.69) is 45.0 Å². The molecule has 0 saturated carbocycles. The molecule has 1 amide bonds. The summed E-state index contributed by atoms with van der Waals surface area (Å²) >= 11 is 0. The maximum absolute atomic E-state index is 11.7. The fraction of sp³-hybridized carbons (Fsp3) is 0.381. The van der Waals surface area contributed by atoms with Crippen molar-refractivity contribution < 1.29 is 14.3 Å². The SMILES string of the molecule is CC(C)(C)[Si](OC1CCCN1C(=O)O)(c1ccccc1)c1ccccc1. The summed E-state index contributed by atoms with van der Waals surface area (Å²) in [4.78, 5) is 13.1. The van der Waals surface area contributed by atoms with Crippen LogP contribution in [0.2, 0.25) is 5.04 Å². The molecule has 1 N–H and O–H groups in total. The van der Waals surface area contributed by atoms with Crippen molar-refractivity contribution in [2.75, 3.05) is 6.54 Å². The number of carbonyl (C=O) groups is 1. The lowest BCUT2D eigenvalue weighted by molar-refractivity contribution is 0.0513. The molecule has 138 valence electrons. The summed E-state index contributed by atoms with van der Waals surface area (Å²) in [5.41, 5.74) is 0. The minimum absolute atomic E-state index is 0.150. The molecule has 1 atom stereocenters. The number of rotatable bonds is 4. The van der Waals surface area contributed by atoms with Gasteiger partial charge in [0.2, 0.25) is 0 Å². The summed E-state index contributed by atoms with van der Waals surface area (Å²) in [5.74, 6) is 0. The molecule has 0 radical (unpaired) electrons. The van der Waals surface area contributed by atoms with E-state index in [0.29, 0.717) is 6.54 Å². The van der Waals surface area contributed by atoms with Crippen LogP contribution >= 0.6 is 0 Å². The molecular weight excluding hydrogens is 342 g/mol. The van der Waals surface area contributed by atoms with E-state index in [-0.39, 0.29) is 11.3 Å². The van der Waals surface area contributed by atoms with Gasteiger partial charge in [-0.15, -0.1) is 0 Å². The number of hydrogen-bond donors (Lipinski definition) is 1. The Kier molecular flexibility index (Phi) is 5.21. The van der Waals surface area contributed by atoms with Gasteiger partial charge in [-0.3, -0.25) is 4.90 Å². The molecule has 1 unspecified atom stereocenters. The lowest BCUT2D eigenvalue weighted by atomic mass is 10.2. The fourth-order valence-electron chi connectivity index (χ4n) is 3.97. The predicted molar refractivity (Wildman–Crippen MR) is 106 cm³/mol. The minimum Gasteiger partial charge on any atom is -0.465 e. The summed E-state index contributed by atoms with van der Waals surface area (Å²) < 4.78 is 6.89. The van der Waals surface area contributed by atoms with Gasteiger partial charge in [-0.25, -0.2) is 4.79 Å². The third kappa shape index (κ3) is 3.29. The molecule has 0 bridgehead atoms. The molecule has 2 aromatic rings. The Hall–Kier alpha value is -2.11. The van der Waals surface area contributed by atoms with Crippen LogP contribution in [-0.2, 0) is 4.43 Å². The molecule has 4 nitrogen and oxygen atoms in total. The van der Waals surface area contributed by atoms with E-state index >= 15 is 0 Å². The second kappa shape index (κ2) is 7.25. The van der Waals surface area contributed by atoms with E-state index in [4.69, 9.17) is 4.43 Å². The Bertz CT molecular complexity index is 703. The van der Waals surface area contributed by atoms with Crippen LogP contribution in [0.1, 0.15) is 33.6 Å². The summed E-state index contributed by atoms with van der Waals surface area (Å²) in [6.07, 6.45) is 0.302. The summed E-state index contributed by atoms with van der Waals surface area (Å²) in [6.45, 7) is 7.16. The number of benzene rings is 2. The van der Waals surface area contributed by atoms with E-state index in [1.165, 1.54) is 15.3 Å². The van der Waals surface area contributed by atoms with Gasteiger partial charge in [0.25, 0.3) is 8.32 Å². The van der Waals surface area contributed by atoms with Crippen LogP contribution in [0.15, 0.2) is 60.7 Å². The Morgan fingerprint density at radius 2 is 1.54 bits per heavy atom. The van der Waals surface area contributed by atoms with E-state index in [9.17, 15) is 9.90 Å². The fourth-order valence-corrected chi connectivity index (χ4v) is 8.64. The standard InChI is InChI=1S/C21H27NO3Si/c1-21(2,3)26(17-11-6-4-7-12-17,18-13-8-5-9-14-18)25-19-15-10-16-22(19)20(23)24/h4-9,11-14,19H,10,15-16H2,1-3H3,(H,23,24). The van der Waals surface area contributed by atoms with E-state index in [0.717, 1.165) is 12.8 Å². The second-order valence-electron chi connectivity index (χ2n) is 7.85. The Balaban J connectivity index is 2.16. The lowest BCUT2D eigenvalue weighted by Crippen LogP contribution is -2.68. The smallest absolute Gasteiger partial charge is 0.409 e. The Labute approximate surface area is 156 Å². The molecule has 2 aromatic carbocycles. The van der Waals surface area contributed by atoms with E-state index in [1.807, 2.05) is 36.4 Å². The van der Waals surface area contributed by atoms with Gasteiger partial charge >= 0.3 is 6.09 Å². The monoisotopic (exact) mass is 369 g/mol. The molecule has 0 aromatic heterocycles. The molecular formula is C21H27NO3Si. The van der Waals surface area contributed by atoms with Crippen LogP contribution in [0.5, 0.6) is 0 Å². The summed E-state index contributed by atoms with van der Waals surface area (Å²) in [7, 11) is -2.71. The molecule has 3 rings (SSSR count). The van der Waals surface area contributed by atoms with Crippen LogP contribution < -0.4 is 10.4 Å². The zero-order chi connectivity index (χ0) is 18.8. The number of carboxylic acid groups (broad SMARTS) is 1. The minimum atomic E-state index is -2.71. The maximum atomic E-state index is 11.7. The van der Waals surface area contributed by atoms with E-state index < -0.39 is 14.4 Å². The lowest BCUT2D eigenvalue weighted by Gasteiger charge is -2.45. The normalized spacial score (nSPS) is 18.1. The van der Waals surface area contributed by atoms with Crippen LogP contribution in [0.25, 0.3) is 0 Å². The summed E-state index contributed by atoms with van der Waals surface area (Å²) in [5, 5.41) is 11.8. The quantitative estimate of drug-likeness (QED) is 0.837. The molecule has 0 aliphatic carbocycles. The van der Waals surface area contributed by atoms with Crippen molar-refractivity contribution in [3.8, 4) is 0 Å². The third-order valence-electron chi connectivity index (χ3n) is 5.17. The van der Waals surface area contributed by atoms with Gasteiger partial charge in [-0.1, -0.05) is 81.4 Å². The Morgan fingerprint density at radius 3 is 1.96 bits per heavy atom. The average molecular weight is 370 g/mol. The van der Waals surface area contributed by atoms with Gasteiger partial charge in [0.05, 0.1) is 0 Å². The first kappa shape index (κ1) is 18.7. The number of amides is 1. The van der Waals surface area contributed by atoms with Crippen molar-refractivity contribution in [2.45, 2.75) is 44.9 Å². The molecule has 1 aliphatic rings. The van der Waals surface area contributed by atoms with E-state index in [1.54, 1.807) is 0 Å². The molecule has 0 spiro atoms.